The zero-order valence-corrected chi connectivity index (χ0v) is 53.1. The van der Waals surface area contributed by atoms with E-state index in [0.29, 0.717) is 10.8 Å². The van der Waals surface area contributed by atoms with Crippen LogP contribution in [0.15, 0.2) is 70.5 Å². The molecule has 73 heavy (non-hydrogen) atoms. The number of aryl methyl sites for hydroxylation is 4. The van der Waals surface area contributed by atoms with Gasteiger partial charge < -0.3 is 9.11 Å². The van der Waals surface area contributed by atoms with E-state index >= 15 is 0 Å². The van der Waals surface area contributed by atoms with Crippen molar-refractivity contribution >= 4 is 90.7 Å². The molecule has 4 aromatic rings. The van der Waals surface area contributed by atoms with Gasteiger partial charge in [0.15, 0.2) is 0 Å². The van der Waals surface area contributed by atoms with Crippen LogP contribution in [0, 0.1) is 0 Å². The Morgan fingerprint density at radius 1 is 0.288 bits per heavy atom. The molecule has 4 aromatic carbocycles. The number of hydrogen-bond donors (Lipinski definition) is 0. The molecule has 0 aliphatic rings. The molecule has 4 rings (SSSR count). The van der Waals surface area contributed by atoms with Crippen molar-refractivity contribution in [2.24, 2.45) is 0 Å². The van der Waals surface area contributed by atoms with Crippen molar-refractivity contribution in [3.63, 3.8) is 0 Å². The zero-order chi connectivity index (χ0) is 52.1. The quantitative estimate of drug-likeness (QED) is 0.0248. The first-order valence-corrected chi connectivity index (χ1v) is 32.8. The van der Waals surface area contributed by atoms with Gasteiger partial charge in [0, 0.05) is 10.8 Å². The Balaban J connectivity index is 0.000000493. The first-order valence-electron chi connectivity index (χ1n) is 30.0. The molecule has 0 N–H and O–H groups in total. The van der Waals surface area contributed by atoms with Crippen LogP contribution in [0.3, 0.4) is 0 Å². The second-order valence-corrected chi connectivity index (χ2v) is 24.0. The zero-order valence-electron chi connectivity index (χ0n) is 47.0. The van der Waals surface area contributed by atoms with Crippen LogP contribution in [0.1, 0.15) is 281 Å². The summed E-state index contributed by atoms with van der Waals surface area (Å²) in [6, 6.07) is 19.0. The number of benzene rings is 4. The van der Waals surface area contributed by atoms with E-state index in [1.165, 1.54) is 216 Å². The fraction of sp³-hybridized carbons (Fsp3) is 0.688. The Kier molecular flexibility index (Phi) is 38.9. The van der Waals surface area contributed by atoms with E-state index in [0.717, 1.165) is 86.1 Å². The van der Waals surface area contributed by atoms with Gasteiger partial charge in [0.2, 0.25) is 0 Å². The largest absolute Gasteiger partial charge is 2.00 e. The molecule has 0 saturated heterocycles. The normalized spacial score (nSPS) is 11.8. The van der Waals surface area contributed by atoms with Gasteiger partial charge in [-0.3, -0.25) is 0 Å². The number of unbranched alkanes of at least 4 members (excludes halogenated alkanes) is 32. The van der Waals surface area contributed by atoms with Crippen LogP contribution in [0.4, 0.5) is 0 Å². The van der Waals surface area contributed by atoms with E-state index in [9.17, 15) is 25.9 Å². The monoisotopic (exact) mass is 1170 g/mol. The molecule has 0 bridgehead atoms. The Labute approximate surface area is 489 Å². The minimum atomic E-state index is -4.51. The van der Waals surface area contributed by atoms with Crippen molar-refractivity contribution in [2.45, 2.75) is 294 Å². The van der Waals surface area contributed by atoms with Gasteiger partial charge in [0.25, 0.3) is 0 Å². The molecule has 0 atom stereocenters. The van der Waals surface area contributed by atoms with Crippen molar-refractivity contribution in [1.82, 2.24) is 0 Å². The summed E-state index contributed by atoms with van der Waals surface area (Å²) < 4.78 is 72.6. The van der Waals surface area contributed by atoms with Crippen molar-refractivity contribution in [1.29, 1.82) is 0 Å². The van der Waals surface area contributed by atoms with E-state index in [1.54, 1.807) is 12.1 Å². The number of fused-ring (bicyclic) bond motifs is 2. The first-order chi connectivity index (χ1) is 35.0. The van der Waals surface area contributed by atoms with Crippen LogP contribution in [-0.4, -0.2) is 74.8 Å². The Bertz CT molecular complexity index is 2100. The molecule has 6 nitrogen and oxygen atoms in total. The van der Waals surface area contributed by atoms with Gasteiger partial charge in [-0.1, -0.05) is 282 Å². The second-order valence-electron chi connectivity index (χ2n) is 21.3. The van der Waals surface area contributed by atoms with Gasteiger partial charge in [0.1, 0.15) is 20.2 Å². The first kappa shape index (κ1) is 67.9. The van der Waals surface area contributed by atoms with Crippen LogP contribution in [-0.2, 0) is 45.9 Å². The van der Waals surface area contributed by atoms with Crippen LogP contribution in [0.25, 0.3) is 21.5 Å². The molecule has 0 fully saturated rings. The maximum atomic E-state index is 12.1. The second kappa shape index (κ2) is 41.8. The van der Waals surface area contributed by atoms with Crippen LogP contribution >= 0.6 is 0 Å². The predicted octanol–water partition coefficient (Wildman–Crippen LogP) is 19.4. The summed E-state index contributed by atoms with van der Waals surface area (Å²) >= 11 is 0. The third kappa shape index (κ3) is 28.3. The standard InChI is InChI=1S/2C32H52O3S.Ba/c2*1-3-5-7-9-11-13-15-17-19-22-28-26-27-29(23-20-18-16-14-12-10-8-6-4-2)32-30(28)24-21-25-31(32)36(33,34)35;/h2*21,24-27H,3-20,22-23H2,1-2H3,(H,33,34,35);/q;;+2/p-2. The molecule has 0 aliphatic carbocycles. The average Bonchev–Trinajstić information content (AvgIpc) is 3.36. The van der Waals surface area contributed by atoms with Crippen molar-refractivity contribution < 1.29 is 25.9 Å². The molecule has 408 valence electrons. The van der Waals surface area contributed by atoms with Gasteiger partial charge >= 0.3 is 48.9 Å². The maximum Gasteiger partial charge on any atom is 2.00 e. The molecule has 9 heteroatoms. The number of rotatable bonds is 42. The van der Waals surface area contributed by atoms with Gasteiger partial charge in [-0.15, -0.1) is 0 Å². The summed E-state index contributed by atoms with van der Waals surface area (Å²) in [5, 5.41) is 3.28. The van der Waals surface area contributed by atoms with E-state index < -0.39 is 20.2 Å². The summed E-state index contributed by atoms with van der Waals surface area (Å²) in [4.78, 5) is -0.0836. The van der Waals surface area contributed by atoms with E-state index in [2.05, 4.69) is 52.0 Å². The molecule has 0 aromatic heterocycles. The Hall–Kier alpha value is -1.21. The molecule has 0 unspecified atom stereocenters. The van der Waals surface area contributed by atoms with Crippen LogP contribution in [0.2, 0.25) is 0 Å². The SMILES string of the molecule is CCCCCCCCCCCc1ccc(CCCCCCCCCCC)c2c(S(=O)(=O)[O-])cccc12.CCCCCCCCCCCc1ccc(CCCCCCCCCCC)c2c(S(=O)(=O)[O-])cccc12.[Ba+2]. The minimum Gasteiger partial charge on any atom is -0.744 e. The molecule has 0 heterocycles. The third-order valence-electron chi connectivity index (χ3n) is 15.1. The van der Waals surface area contributed by atoms with Crippen molar-refractivity contribution in [3.8, 4) is 0 Å². The summed E-state index contributed by atoms with van der Waals surface area (Å²) in [5.41, 5.74) is 4.38. The fourth-order valence-electron chi connectivity index (χ4n) is 10.8. The molecular weight excluding hydrogens is 1070 g/mol. The summed E-state index contributed by atoms with van der Waals surface area (Å²) in [7, 11) is -9.02. The predicted molar refractivity (Wildman–Crippen MR) is 313 cm³/mol. The molecule has 0 amide bonds. The average molecular weight is 1170 g/mol. The van der Waals surface area contributed by atoms with Gasteiger partial charge in [-0.25, -0.2) is 16.8 Å². The van der Waals surface area contributed by atoms with Crippen LogP contribution in [0.5, 0.6) is 0 Å². The minimum absolute atomic E-state index is 0. The summed E-state index contributed by atoms with van der Waals surface area (Å²) in [6.45, 7) is 9.00. The molecule has 0 aliphatic heterocycles. The maximum absolute atomic E-state index is 12.1. The molecule has 0 radical (unpaired) electrons. The fourth-order valence-corrected chi connectivity index (χ4v) is 12.3. The van der Waals surface area contributed by atoms with Crippen molar-refractivity contribution in [3.05, 3.63) is 82.9 Å². The smallest absolute Gasteiger partial charge is 0.744 e. The van der Waals surface area contributed by atoms with Gasteiger partial charge in [-0.2, -0.15) is 0 Å². The van der Waals surface area contributed by atoms with Crippen LogP contribution < -0.4 is 0 Å². The van der Waals surface area contributed by atoms with Gasteiger partial charge in [0.05, 0.1) is 9.79 Å². The summed E-state index contributed by atoms with van der Waals surface area (Å²) in [5.74, 6) is 0. The Morgan fingerprint density at radius 2 is 0.493 bits per heavy atom. The Morgan fingerprint density at radius 3 is 0.726 bits per heavy atom. The van der Waals surface area contributed by atoms with E-state index in [1.807, 2.05) is 12.1 Å². The molecular formula is C64H102BaO6S2. The third-order valence-corrected chi connectivity index (χ3v) is 16.9. The van der Waals surface area contributed by atoms with Gasteiger partial charge in [-0.05, 0) is 96.5 Å². The molecule has 0 spiro atoms. The topological polar surface area (TPSA) is 114 Å². The summed E-state index contributed by atoms with van der Waals surface area (Å²) in [6.07, 6.45) is 49.3. The van der Waals surface area contributed by atoms with E-state index in [-0.39, 0.29) is 58.7 Å². The number of hydrogen-bond acceptors (Lipinski definition) is 6. The molecule has 0 saturated carbocycles. The van der Waals surface area contributed by atoms with E-state index in [4.69, 9.17) is 0 Å². The van der Waals surface area contributed by atoms with Crippen molar-refractivity contribution in [2.75, 3.05) is 0 Å².